The Morgan fingerprint density at radius 2 is 2.09 bits per heavy atom. The van der Waals surface area contributed by atoms with Crippen LogP contribution in [0.1, 0.15) is 25.0 Å². The number of nitrogens with zero attached hydrogens (tertiary/aromatic N) is 3. The SMILES string of the molecule is Cc1cc(N[C@@H](CO)C(C)C)n2c(nc3ccccc32)c1C#N. The first-order chi connectivity index (χ1) is 11.1. The third-order valence-corrected chi connectivity index (χ3v) is 4.22. The molecule has 2 aromatic heterocycles. The largest absolute Gasteiger partial charge is 0.394 e. The fraction of sp³-hybridized carbons (Fsp3) is 0.333. The van der Waals surface area contributed by atoms with Gasteiger partial charge in [-0.25, -0.2) is 4.98 Å². The number of rotatable bonds is 4. The van der Waals surface area contributed by atoms with Gasteiger partial charge in [0.2, 0.25) is 0 Å². The fourth-order valence-corrected chi connectivity index (χ4v) is 2.81. The molecule has 0 aliphatic rings. The van der Waals surface area contributed by atoms with Crippen molar-refractivity contribution in [2.75, 3.05) is 11.9 Å². The van der Waals surface area contributed by atoms with Crippen molar-refractivity contribution in [2.45, 2.75) is 26.8 Å². The molecule has 118 valence electrons. The van der Waals surface area contributed by atoms with Crippen molar-refractivity contribution in [1.82, 2.24) is 9.38 Å². The van der Waals surface area contributed by atoms with Crippen LogP contribution in [0, 0.1) is 24.2 Å². The van der Waals surface area contributed by atoms with Gasteiger partial charge in [-0.05, 0) is 36.6 Å². The maximum Gasteiger partial charge on any atom is 0.157 e. The minimum atomic E-state index is -0.0632. The van der Waals surface area contributed by atoms with E-state index >= 15 is 0 Å². The van der Waals surface area contributed by atoms with E-state index in [1.807, 2.05) is 41.7 Å². The molecule has 2 N–H and O–H groups in total. The van der Waals surface area contributed by atoms with Crippen LogP contribution in [0.3, 0.4) is 0 Å². The lowest BCUT2D eigenvalue weighted by atomic mass is 10.1. The molecule has 0 spiro atoms. The Morgan fingerprint density at radius 3 is 2.74 bits per heavy atom. The second-order valence-electron chi connectivity index (χ2n) is 6.14. The molecule has 0 amide bonds. The van der Waals surface area contributed by atoms with Crippen molar-refractivity contribution in [1.29, 1.82) is 5.26 Å². The topological polar surface area (TPSA) is 73.3 Å². The third kappa shape index (κ3) is 2.51. The van der Waals surface area contributed by atoms with E-state index in [2.05, 4.69) is 30.2 Å². The van der Waals surface area contributed by atoms with E-state index < -0.39 is 0 Å². The second-order valence-corrected chi connectivity index (χ2v) is 6.14. The predicted molar refractivity (Wildman–Crippen MR) is 91.5 cm³/mol. The summed E-state index contributed by atoms with van der Waals surface area (Å²) < 4.78 is 1.96. The molecule has 1 atom stereocenters. The van der Waals surface area contributed by atoms with Gasteiger partial charge in [-0.2, -0.15) is 5.26 Å². The summed E-state index contributed by atoms with van der Waals surface area (Å²) in [6.07, 6.45) is 0. The second kappa shape index (κ2) is 5.90. The summed E-state index contributed by atoms with van der Waals surface area (Å²) in [5.41, 5.74) is 3.90. The quantitative estimate of drug-likeness (QED) is 0.777. The van der Waals surface area contributed by atoms with E-state index in [0.717, 1.165) is 22.4 Å². The van der Waals surface area contributed by atoms with Crippen molar-refractivity contribution in [3.63, 3.8) is 0 Å². The molecule has 0 unspecified atom stereocenters. The number of aryl methyl sites for hydroxylation is 1. The molecule has 23 heavy (non-hydrogen) atoms. The summed E-state index contributed by atoms with van der Waals surface area (Å²) in [5.74, 6) is 1.12. The van der Waals surface area contributed by atoms with Crippen molar-refractivity contribution >= 4 is 22.5 Å². The van der Waals surface area contributed by atoms with Gasteiger partial charge in [-0.15, -0.1) is 0 Å². The molecule has 5 heteroatoms. The molecule has 0 fully saturated rings. The number of aromatic nitrogens is 2. The van der Waals surface area contributed by atoms with E-state index in [0.29, 0.717) is 11.2 Å². The van der Waals surface area contributed by atoms with Crippen molar-refractivity contribution < 1.29 is 5.11 Å². The number of para-hydroxylation sites is 2. The van der Waals surface area contributed by atoms with Gasteiger partial charge in [-0.1, -0.05) is 26.0 Å². The summed E-state index contributed by atoms with van der Waals surface area (Å²) in [7, 11) is 0. The average Bonchev–Trinajstić information content (AvgIpc) is 2.91. The maximum atomic E-state index is 9.62. The van der Waals surface area contributed by atoms with Gasteiger partial charge in [0.1, 0.15) is 11.9 Å². The lowest BCUT2D eigenvalue weighted by Gasteiger charge is -2.22. The standard InChI is InChI=1S/C18H20N4O/c1-11(2)15(10-23)20-17-8-12(3)13(9-19)18-21-14-6-4-5-7-16(14)22(17)18/h4-8,11,15,20,23H,10H2,1-3H3/t15-/m0/s1. The van der Waals surface area contributed by atoms with Crippen LogP contribution in [0.2, 0.25) is 0 Å². The van der Waals surface area contributed by atoms with Gasteiger partial charge in [0.25, 0.3) is 0 Å². The number of fused-ring (bicyclic) bond motifs is 3. The molecule has 0 aliphatic heterocycles. The van der Waals surface area contributed by atoms with Crippen molar-refractivity contribution in [3.05, 3.63) is 41.5 Å². The van der Waals surface area contributed by atoms with Gasteiger partial charge in [0.05, 0.1) is 29.2 Å². The van der Waals surface area contributed by atoms with Crippen LogP contribution in [-0.2, 0) is 0 Å². The lowest BCUT2D eigenvalue weighted by Crippen LogP contribution is -2.30. The smallest absolute Gasteiger partial charge is 0.157 e. The lowest BCUT2D eigenvalue weighted by molar-refractivity contribution is 0.249. The zero-order chi connectivity index (χ0) is 16.6. The number of benzene rings is 1. The van der Waals surface area contributed by atoms with E-state index in [1.165, 1.54) is 0 Å². The predicted octanol–water partition coefficient (Wildman–Crippen LogP) is 3.10. The first-order valence-electron chi connectivity index (χ1n) is 7.75. The summed E-state index contributed by atoms with van der Waals surface area (Å²) in [4.78, 5) is 4.62. The summed E-state index contributed by atoms with van der Waals surface area (Å²) in [5, 5.41) is 22.5. The van der Waals surface area contributed by atoms with Crippen molar-refractivity contribution in [3.8, 4) is 6.07 Å². The molecular weight excluding hydrogens is 288 g/mol. The molecule has 0 bridgehead atoms. The Kier molecular flexibility index (Phi) is 3.93. The average molecular weight is 308 g/mol. The summed E-state index contributed by atoms with van der Waals surface area (Å²) in [6.45, 7) is 6.08. The highest BCUT2D eigenvalue weighted by atomic mass is 16.3. The molecule has 3 rings (SSSR count). The van der Waals surface area contributed by atoms with Crippen LogP contribution in [0.15, 0.2) is 30.3 Å². The number of hydrogen-bond donors (Lipinski definition) is 2. The van der Waals surface area contributed by atoms with Crippen LogP contribution in [-0.4, -0.2) is 27.1 Å². The third-order valence-electron chi connectivity index (χ3n) is 4.22. The highest BCUT2D eigenvalue weighted by molar-refractivity contribution is 5.85. The molecule has 3 aromatic rings. The number of nitrogens with one attached hydrogen (secondary N) is 1. The molecule has 0 saturated carbocycles. The number of nitriles is 1. The Hall–Kier alpha value is -2.58. The van der Waals surface area contributed by atoms with Gasteiger partial charge in [0, 0.05) is 0 Å². The number of pyridine rings is 1. The van der Waals surface area contributed by atoms with Gasteiger partial charge in [-0.3, -0.25) is 4.40 Å². The van der Waals surface area contributed by atoms with E-state index in [4.69, 9.17) is 0 Å². The zero-order valence-corrected chi connectivity index (χ0v) is 13.5. The molecular formula is C18H20N4O. The van der Waals surface area contributed by atoms with Gasteiger partial charge in [0.15, 0.2) is 5.65 Å². The molecule has 1 aromatic carbocycles. The number of hydrogen-bond acceptors (Lipinski definition) is 4. The minimum Gasteiger partial charge on any atom is -0.394 e. The number of aliphatic hydroxyl groups is 1. The molecule has 0 radical (unpaired) electrons. The Labute approximate surface area is 135 Å². The molecule has 0 aliphatic carbocycles. The normalized spacial score (nSPS) is 12.7. The number of anilines is 1. The first-order valence-corrected chi connectivity index (χ1v) is 7.75. The summed E-state index contributed by atoms with van der Waals surface area (Å²) >= 11 is 0. The van der Waals surface area contributed by atoms with E-state index in [9.17, 15) is 10.4 Å². The van der Waals surface area contributed by atoms with Gasteiger partial charge < -0.3 is 10.4 Å². The van der Waals surface area contributed by atoms with E-state index in [-0.39, 0.29) is 18.6 Å². The summed E-state index contributed by atoms with van der Waals surface area (Å²) in [6, 6.07) is 12.0. The van der Waals surface area contributed by atoms with E-state index in [1.54, 1.807) is 0 Å². The van der Waals surface area contributed by atoms with Crippen LogP contribution in [0.4, 0.5) is 5.82 Å². The fourth-order valence-electron chi connectivity index (χ4n) is 2.81. The molecule has 5 nitrogen and oxygen atoms in total. The number of aliphatic hydroxyl groups excluding tert-OH is 1. The Bertz CT molecular complexity index is 905. The van der Waals surface area contributed by atoms with Crippen LogP contribution >= 0.6 is 0 Å². The zero-order valence-electron chi connectivity index (χ0n) is 13.5. The monoisotopic (exact) mass is 308 g/mol. The van der Waals surface area contributed by atoms with Gasteiger partial charge >= 0.3 is 0 Å². The highest BCUT2D eigenvalue weighted by Gasteiger charge is 2.18. The molecule has 0 saturated heterocycles. The highest BCUT2D eigenvalue weighted by Crippen LogP contribution is 2.27. The van der Waals surface area contributed by atoms with Crippen molar-refractivity contribution in [2.24, 2.45) is 5.92 Å². The maximum absolute atomic E-state index is 9.62. The van der Waals surface area contributed by atoms with Crippen LogP contribution in [0.25, 0.3) is 16.7 Å². The Balaban J connectivity index is 2.31. The van der Waals surface area contributed by atoms with Crippen LogP contribution in [0.5, 0.6) is 0 Å². The minimum absolute atomic E-state index is 0.0465. The number of imidazole rings is 1. The Morgan fingerprint density at radius 1 is 1.35 bits per heavy atom. The first kappa shape index (κ1) is 15.3. The molecule has 2 heterocycles. The van der Waals surface area contributed by atoms with Crippen LogP contribution < -0.4 is 5.32 Å².